The number of halogens is 1. The van der Waals surface area contributed by atoms with E-state index in [9.17, 15) is 4.79 Å². The van der Waals surface area contributed by atoms with Crippen molar-refractivity contribution in [3.63, 3.8) is 0 Å². The van der Waals surface area contributed by atoms with Gasteiger partial charge in [-0.15, -0.1) is 0 Å². The molecule has 0 radical (unpaired) electrons. The van der Waals surface area contributed by atoms with Gasteiger partial charge in [0.15, 0.2) is 0 Å². The molecular weight excluding hydrogens is 248 g/mol. The molecule has 1 fully saturated rings. The third kappa shape index (κ3) is 1.59. The zero-order chi connectivity index (χ0) is 10.1. The standard InChI is InChI=1S/C9H9BrN2O2/c10-7-2-1-3-8(11-7)12-5-4-6(12)9(13)14/h1-3,6H,4-5H2,(H,13,14)/t6-/m1/s1. The van der Waals surface area contributed by atoms with Crippen LogP contribution >= 0.6 is 15.9 Å². The lowest BCUT2D eigenvalue weighted by molar-refractivity contribution is -0.140. The molecule has 1 aliphatic rings. The molecule has 0 aliphatic carbocycles. The van der Waals surface area contributed by atoms with E-state index in [-0.39, 0.29) is 0 Å². The van der Waals surface area contributed by atoms with Crippen LogP contribution < -0.4 is 4.90 Å². The maximum Gasteiger partial charge on any atom is 0.326 e. The maximum absolute atomic E-state index is 10.8. The van der Waals surface area contributed by atoms with Gasteiger partial charge in [-0.2, -0.15) is 0 Å². The van der Waals surface area contributed by atoms with Crippen LogP contribution in [0.5, 0.6) is 0 Å². The van der Waals surface area contributed by atoms with Gasteiger partial charge in [0.05, 0.1) is 0 Å². The molecule has 0 bridgehead atoms. The fourth-order valence-corrected chi connectivity index (χ4v) is 1.81. The van der Waals surface area contributed by atoms with Crippen molar-refractivity contribution in [3.8, 4) is 0 Å². The van der Waals surface area contributed by atoms with E-state index >= 15 is 0 Å². The monoisotopic (exact) mass is 256 g/mol. The van der Waals surface area contributed by atoms with E-state index < -0.39 is 12.0 Å². The highest BCUT2D eigenvalue weighted by molar-refractivity contribution is 9.10. The molecule has 14 heavy (non-hydrogen) atoms. The fraction of sp³-hybridized carbons (Fsp3) is 0.333. The fourth-order valence-electron chi connectivity index (χ4n) is 1.48. The summed E-state index contributed by atoms with van der Waals surface area (Å²) in [6.07, 6.45) is 0.698. The predicted octanol–water partition coefficient (Wildman–Crippen LogP) is 1.51. The van der Waals surface area contributed by atoms with Gasteiger partial charge >= 0.3 is 5.97 Å². The van der Waals surface area contributed by atoms with Gasteiger partial charge in [-0.05, 0) is 34.5 Å². The molecule has 0 saturated carbocycles. The van der Waals surface area contributed by atoms with Crippen LogP contribution in [0.2, 0.25) is 0 Å². The molecule has 0 unspecified atom stereocenters. The molecule has 0 amide bonds. The van der Waals surface area contributed by atoms with E-state index in [0.29, 0.717) is 6.42 Å². The van der Waals surface area contributed by atoms with Gasteiger partial charge in [-0.3, -0.25) is 0 Å². The molecule has 1 N–H and O–H groups in total. The van der Waals surface area contributed by atoms with E-state index in [4.69, 9.17) is 5.11 Å². The second-order valence-electron chi connectivity index (χ2n) is 3.15. The van der Waals surface area contributed by atoms with Crippen LogP contribution in [0.25, 0.3) is 0 Å². The molecule has 0 spiro atoms. The van der Waals surface area contributed by atoms with Crippen LogP contribution in [0.4, 0.5) is 5.82 Å². The van der Waals surface area contributed by atoms with E-state index in [1.54, 1.807) is 4.90 Å². The third-order valence-electron chi connectivity index (χ3n) is 2.30. The quantitative estimate of drug-likeness (QED) is 0.816. The Morgan fingerprint density at radius 2 is 2.43 bits per heavy atom. The predicted molar refractivity (Wildman–Crippen MR) is 55.3 cm³/mol. The Balaban J connectivity index is 2.20. The number of carboxylic acid groups (broad SMARTS) is 1. The molecule has 0 aromatic carbocycles. The number of hydrogen-bond acceptors (Lipinski definition) is 3. The average molecular weight is 257 g/mol. The summed E-state index contributed by atoms with van der Waals surface area (Å²) in [5.41, 5.74) is 0. The lowest BCUT2D eigenvalue weighted by Crippen LogP contribution is -2.52. The summed E-state index contributed by atoms with van der Waals surface area (Å²) in [6.45, 7) is 0.764. The Kier molecular flexibility index (Phi) is 2.41. The normalized spacial score (nSPS) is 20.4. The van der Waals surface area contributed by atoms with Crippen LogP contribution in [0.3, 0.4) is 0 Å². The summed E-state index contributed by atoms with van der Waals surface area (Å²) >= 11 is 3.26. The number of hydrogen-bond donors (Lipinski definition) is 1. The van der Waals surface area contributed by atoms with Crippen molar-refractivity contribution >= 4 is 27.7 Å². The molecule has 5 heteroatoms. The van der Waals surface area contributed by atoms with Gasteiger partial charge in [-0.1, -0.05) is 6.07 Å². The molecule has 1 atom stereocenters. The summed E-state index contributed by atoms with van der Waals surface area (Å²) in [6, 6.07) is 5.08. The minimum absolute atomic E-state index is 0.406. The van der Waals surface area contributed by atoms with Crippen molar-refractivity contribution < 1.29 is 9.90 Å². The van der Waals surface area contributed by atoms with Crippen molar-refractivity contribution in [1.82, 2.24) is 4.98 Å². The summed E-state index contributed by atoms with van der Waals surface area (Å²) < 4.78 is 0.728. The zero-order valence-corrected chi connectivity index (χ0v) is 8.94. The number of anilines is 1. The van der Waals surface area contributed by atoms with Crippen LogP contribution in [-0.2, 0) is 4.79 Å². The maximum atomic E-state index is 10.8. The number of aromatic nitrogens is 1. The number of nitrogens with zero attached hydrogens (tertiary/aromatic N) is 2. The second-order valence-corrected chi connectivity index (χ2v) is 3.97. The van der Waals surface area contributed by atoms with Crippen molar-refractivity contribution in [2.45, 2.75) is 12.5 Å². The van der Waals surface area contributed by atoms with Crippen LogP contribution in [0, 0.1) is 0 Å². The van der Waals surface area contributed by atoms with E-state index in [0.717, 1.165) is 17.0 Å². The Labute approximate surface area is 89.7 Å². The third-order valence-corrected chi connectivity index (χ3v) is 2.74. The molecule has 1 aliphatic heterocycles. The van der Waals surface area contributed by atoms with Gasteiger partial charge in [0, 0.05) is 6.54 Å². The van der Waals surface area contributed by atoms with Crippen molar-refractivity contribution in [1.29, 1.82) is 0 Å². The first kappa shape index (κ1) is 9.45. The number of aliphatic carboxylic acids is 1. The van der Waals surface area contributed by atoms with Gasteiger partial charge in [0.25, 0.3) is 0 Å². The first-order valence-electron chi connectivity index (χ1n) is 4.30. The minimum atomic E-state index is -0.780. The summed E-state index contributed by atoms with van der Waals surface area (Å²) in [5, 5.41) is 8.85. The first-order valence-corrected chi connectivity index (χ1v) is 5.10. The number of rotatable bonds is 2. The molecule has 1 aromatic heterocycles. The SMILES string of the molecule is O=C(O)[C@H]1CCN1c1cccc(Br)n1. The van der Waals surface area contributed by atoms with Crippen molar-refractivity contribution in [3.05, 3.63) is 22.8 Å². The number of pyridine rings is 1. The van der Waals surface area contributed by atoms with Gasteiger partial charge < -0.3 is 10.0 Å². The zero-order valence-electron chi connectivity index (χ0n) is 7.35. The second kappa shape index (κ2) is 3.57. The van der Waals surface area contributed by atoms with E-state index in [1.165, 1.54) is 0 Å². The van der Waals surface area contributed by atoms with E-state index in [2.05, 4.69) is 20.9 Å². The Hall–Kier alpha value is -1.10. The highest BCUT2D eigenvalue weighted by atomic mass is 79.9. The molecule has 2 heterocycles. The highest BCUT2D eigenvalue weighted by Gasteiger charge is 2.34. The van der Waals surface area contributed by atoms with Crippen LogP contribution in [0.15, 0.2) is 22.8 Å². The number of carbonyl (C=O) groups is 1. The lowest BCUT2D eigenvalue weighted by Gasteiger charge is -2.38. The van der Waals surface area contributed by atoms with Gasteiger partial charge in [0.1, 0.15) is 16.5 Å². The smallest absolute Gasteiger partial charge is 0.326 e. The Morgan fingerprint density at radius 3 is 2.93 bits per heavy atom. The number of carboxylic acids is 1. The first-order chi connectivity index (χ1) is 6.68. The molecule has 74 valence electrons. The molecule has 1 saturated heterocycles. The summed E-state index contributed by atoms with van der Waals surface area (Å²) in [5.74, 6) is -0.0592. The Bertz CT molecular complexity index is 370. The topological polar surface area (TPSA) is 53.4 Å². The summed E-state index contributed by atoms with van der Waals surface area (Å²) in [4.78, 5) is 16.8. The molecular formula is C9H9BrN2O2. The average Bonchev–Trinajstić information content (AvgIpc) is 2.00. The molecule has 2 rings (SSSR count). The minimum Gasteiger partial charge on any atom is -0.480 e. The Morgan fingerprint density at radius 1 is 1.64 bits per heavy atom. The lowest BCUT2D eigenvalue weighted by atomic mass is 10.0. The largest absolute Gasteiger partial charge is 0.480 e. The highest BCUT2D eigenvalue weighted by Crippen LogP contribution is 2.25. The van der Waals surface area contributed by atoms with Crippen LogP contribution in [0.1, 0.15) is 6.42 Å². The van der Waals surface area contributed by atoms with Gasteiger partial charge in [-0.25, -0.2) is 9.78 Å². The molecule has 4 nitrogen and oxygen atoms in total. The van der Waals surface area contributed by atoms with Crippen molar-refractivity contribution in [2.24, 2.45) is 0 Å². The molecule has 1 aromatic rings. The van der Waals surface area contributed by atoms with Crippen LogP contribution in [-0.4, -0.2) is 28.6 Å². The van der Waals surface area contributed by atoms with E-state index in [1.807, 2.05) is 18.2 Å². The summed E-state index contributed by atoms with van der Waals surface area (Å²) in [7, 11) is 0. The van der Waals surface area contributed by atoms with Gasteiger partial charge in [0.2, 0.25) is 0 Å². The van der Waals surface area contributed by atoms with Crippen molar-refractivity contribution in [2.75, 3.05) is 11.4 Å².